The van der Waals surface area contributed by atoms with Crippen LogP contribution in [0.4, 0.5) is 0 Å². The first kappa shape index (κ1) is 14.4. The Balaban J connectivity index is 1.87. The SMILES string of the molecule is O=C(CC(C(=O)c1cccs1)c1ccsc1)c1ccsc1. The smallest absolute Gasteiger partial charge is 0.180 e. The zero-order valence-corrected chi connectivity index (χ0v) is 13.5. The van der Waals surface area contributed by atoms with Gasteiger partial charge in [-0.25, -0.2) is 0 Å². The van der Waals surface area contributed by atoms with Crippen LogP contribution in [0.1, 0.15) is 37.9 Å². The van der Waals surface area contributed by atoms with Crippen LogP contribution < -0.4 is 0 Å². The first-order valence-corrected chi connectivity index (χ1v) is 9.17. The molecule has 1 unspecified atom stereocenters. The van der Waals surface area contributed by atoms with Gasteiger partial charge in [0.1, 0.15) is 0 Å². The van der Waals surface area contributed by atoms with Gasteiger partial charge in [0.15, 0.2) is 11.6 Å². The maximum atomic E-state index is 12.7. The van der Waals surface area contributed by atoms with E-state index in [4.69, 9.17) is 0 Å². The van der Waals surface area contributed by atoms with E-state index in [1.165, 1.54) is 22.7 Å². The number of carbonyl (C=O) groups is 2. The maximum absolute atomic E-state index is 12.7. The summed E-state index contributed by atoms with van der Waals surface area (Å²) < 4.78 is 0. The first-order chi connectivity index (χ1) is 10.3. The summed E-state index contributed by atoms with van der Waals surface area (Å²) in [6.45, 7) is 0. The van der Waals surface area contributed by atoms with Crippen LogP contribution in [0.15, 0.2) is 51.2 Å². The lowest BCUT2D eigenvalue weighted by molar-refractivity contribution is 0.0896. The molecule has 106 valence electrons. The second-order valence-corrected chi connectivity index (χ2v) is 7.10. The third kappa shape index (κ3) is 3.20. The fourth-order valence-corrected chi connectivity index (χ4v) is 4.25. The van der Waals surface area contributed by atoms with E-state index in [9.17, 15) is 9.59 Å². The third-order valence-electron chi connectivity index (χ3n) is 3.26. The van der Waals surface area contributed by atoms with Gasteiger partial charge in [0, 0.05) is 17.4 Å². The highest BCUT2D eigenvalue weighted by Gasteiger charge is 2.26. The van der Waals surface area contributed by atoms with Crippen LogP contribution >= 0.6 is 34.0 Å². The molecule has 0 aliphatic carbocycles. The molecule has 3 heterocycles. The predicted octanol–water partition coefficient (Wildman–Crippen LogP) is 5.11. The molecular formula is C16H12O2S3. The number of hydrogen-bond donors (Lipinski definition) is 0. The molecule has 0 aliphatic heterocycles. The Hall–Kier alpha value is -1.56. The Bertz CT molecular complexity index is 710. The van der Waals surface area contributed by atoms with E-state index >= 15 is 0 Å². The monoisotopic (exact) mass is 332 g/mol. The molecule has 0 amide bonds. The number of thiophene rings is 3. The minimum atomic E-state index is -0.387. The molecule has 5 heteroatoms. The van der Waals surface area contributed by atoms with E-state index in [1.807, 2.05) is 51.2 Å². The molecule has 0 saturated carbocycles. The molecular weight excluding hydrogens is 320 g/mol. The minimum Gasteiger partial charge on any atom is -0.294 e. The lowest BCUT2D eigenvalue weighted by Gasteiger charge is -2.12. The molecule has 0 N–H and O–H groups in total. The topological polar surface area (TPSA) is 34.1 Å². The van der Waals surface area contributed by atoms with E-state index in [0.29, 0.717) is 10.4 Å². The van der Waals surface area contributed by atoms with Gasteiger partial charge >= 0.3 is 0 Å². The van der Waals surface area contributed by atoms with Crippen molar-refractivity contribution in [2.75, 3.05) is 0 Å². The fraction of sp³-hybridized carbons (Fsp3) is 0.125. The number of carbonyl (C=O) groups excluding carboxylic acids is 2. The van der Waals surface area contributed by atoms with Gasteiger partial charge in [0.2, 0.25) is 0 Å². The van der Waals surface area contributed by atoms with Crippen molar-refractivity contribution in [1.82, 2.24) is 0 Å². The Morgan fingerprint density at radius 2 is 1.81 bits per heavy atom. The van der Waals surface area contributed by atoms with Crippen LogP contribution in [0.25, 0.3) is 0 Å². The van der Waals surface area contributed by atoms with Crippen molar-refractivity contribution in [3.8, 4) is 0 Å². The molecule has 0 radical (unpaired) electrons. The lowest BCUT2D eigenvalue weighted by atomic mass is 9.89. The lowest BCUT2D eigenvalue weighted by Crippen LogP contribution is -2.15. The Kier molecular flexibility index (Phi) is 4.43. The van der Waals surface area contributed by atoms with Gasteiger partial charge in [-0.15, -0.1) is 11.3 Å². The van der Waals surface area contributed by atoms with Crippen LogP contribution in [0.2, 0.25) is 0 Å². The molecule has 0 aliphatic rings. The Labute approximate surface area is 134 Å². The van der Waals surface area contributed by atoms with Crippen molar-refractivity contribution in [3.63, 3.8) is 0 Å². The summed E-state index contributed by atoms with van der Waals surface area (Å²) >= 11 is 4.47. The molecule has 0 saturated heterocycles. The fourth-order valence-electron chi connectivity index (χ4n) is 2.15. The van der Waals surface area contributed by atoms with E-state index in [1.54, 1.807) is 11.3 Å². The van der Waals surface area contributed by atoms with Crippen molar-refractivity contribution in [2.45, 2.75) is 12.3 Å². The zero-order valence-electron chi connectivity index (χ0n) is 11.0. The van der Waals surface area contributed by atoms with Gasteiger partial charge in [-0.3, -0.25) is 9.59 Å². The average Bonchev–Trinajstić information content (AvgIpc) is 3.27. The molecule has 0 bridgehead atoms. The summed E-state index contributed by atoms with van der Waals surface area (Å²) in [4.78, 5) is 25.7. The number of Topliss-reactive ketones (excluding diaryl/α,β-unsaturated/α-hetero) is 2. The standard InChI is InChI=1S/C16H12O2S3/c17-14(12-4-7-20-10-12)8-13(11-3-6-19-9-11)16(18)15-2-1-5-21-15/h1-7,9-10,13H,8H2. The molecule has 3 aromatic heterocycles. The largest absolute Gasteiger partial charge is 0.294 e. The van der Waals surface area contributed by atoms with Gasteiger partial charge in [-0.2, -0.15) is 22.7 Å². The molecule has 0 spiro atoms. The minimum absolute atomic E-state index is 0.0253. The van der Waals surface area contributed by atoms with Gasteiger partial charge in [0.25, 0.3) is 0 Å². The summed E-state index contributed by atoms with van der Waals surface area (Å²) in [5.74, 6) is -0.327. The molecule has 2 nitrogen and oxygen atoms in total. The van der Waals surface area contributed by atoms with Gasteiger partial charge in [-0.1, -0.05) is 6.07 Å². The highest BCUT2D eigenvalue weighted by Crippen LogP contribution is 2.29. The van der Waals surface area contributed by atoms with Crippen molar-refractivity contribution in [1.29, 1.82) is 0 Å². The Morgan fingerprint density at radius 1 is 1.00 bits per heavy atom. The molecule has 1 atom stereocenters. The maximum Gasteiger partial charge on any atom is 0.180 e. The molecule has 3 rings (SSSR count). The van der Waals surface area contributed by atoms with Crippen molar-refractivity contribution >= 4 is 45.6 Å². The molecule has 0 fully saturated rings. The zero-order chi connectivity index (χ0) is 14.7. The molecule has 3 aromatic rings. The number of ketones is 2. The van der Waals surface area contributed by atoms with Crippen LogP contribution in [0.5, 0.6) is 0 Å². The number of hydrogen-bond acceptors (Lipinski definition) is 5. The van der Waals surface area contributed by atoms with Crippen molar-refractivity contribution in [3.05, 3.63) is 67.2 Å². The molecule has 21 heavy (non-hydrogen) atoms. The van der Waals surface area contributed by atoms with Crippen LogP contribution in [-0.4, -0.2) is 11.6 Å². The summed E-state index contributed by atoms with van der Waals surface area (Å²) in [6.07, 6.45) is 0.226. The van der Waals surface area contributed by atoms with Crippen LogP contribution in [-0.2, 0) is 0 Å². The van der Waals surface area contributed by atoms with Crippen molar-refractivity contribution < 1.29 is 9.59 Å². The summed E-state index contributed by atoms with van der Waals surface area (Å²) in [5.41, 5.74) is 1.63. The highest BCUT2D eigenvalue weighted by atomic mass is 32.1. The highest BCUT2D eigenvalue weighted by molar-refractivity contribution is 7.12. The van der Waals surface area contributed by atoms with E-state index < -0.39 is 0 Å². The van der Waals surface area contributed by atoms with Gasteiger partial charge < -0.3 is 0 Å². The summed E-state index contributed by atoms with van der Waals surface area (Å²) in [5, 5.41) is 9.51. The first-order valence-electron chi connectivity index (χ1n) is 6.41. The molecule has 0 aromatic carbocycles. The summed E-state index contributed by atoms with van der Waals surface area (Å²) in [7, 11) is 0. The average molecular weight is 332 g/mol. The van der Waals surface area contributed by atoms with E-state index in [2.05, 4.69) is 0 Å². The third-order valence-corrected chi connectivity index (χ3v) is 5.53. The van der Waals surface area contributed by atoms with Crippen molar-refractivity contribution in [2.24, 2.45) is 0 Å². The van der Waals surface area contributed by atoms with E-state index in [0.717, 1.165) is 5.56 Å². The second-order valence-electron chi connectivity index (χ2n) is 4.59. The predicted molar refractivity (Wildman–Crippen MR) is 89.0 cm³/mol. The van der Waals surface area contributed by atoms with Crippen LogP contribution in [0, 0.1) is 0 Å². The van der Waals surface area contributed by atoms with Gasteiger partial charge in [0.05, 0.1) is 10.8 Å². The summed E-state index contributed by atoms with van der Waals surface area (Å²) in [6, 6.07) is 7.43. The quantitative estimate of drug-likeness (QED) is 0.588. The van der Waals surface area contributed by atoms with E-state index in [-0.39, 0.29) is 23.9 Å². The Morgan fingerprint density at radius 3 is 2.43 bits per heavy atom. The number of rotatable bonds is 6. The second kappa shape index (κ2) is 6.47. The van der Waals surface area contributed by atoms with Gasteiger partial charge in [-0.05, 0) is 45.3 Å². The normalized spacial score (nSPS) is 12.2. The van der Waals surface area contributed by atoms with Crippen LogP contribution in [0.3, 0.4) is 0 Å².